The number of benzene rings is 1. The molecule has 20 heavy (non-hydrogen) atoms. The van der Waals surface area contributed by atoms with Crippen molar-refractivity contribution in [3.8, 4) is 0 Å². The van der Waals surface area contributed by atoms with E-state index in [1.54, 1.807) is 7.05 Å². The largest absolute Gasteiger partial charge is 0.357 e. The van der Waals surface area contributed by atoms with Crippen LogP contribution in [-0.2, 0) is 6.54 Å². The van der Waals surface area contributed by atoms with Crippen molar-refractivity contribution < 1.29 is 0 Å². The van der Waals surface area contributed by atoms with Crippen molar-refractivity contribution >= 4 is 17.8 Å². The Bertz CT molecular complexity index is 564. The van der Waals surface area contributed by atoms with Crippen molar-refractivity contribution in [2.24, 2.45) is 0 Å². The van der Waals surface area contributed by atoms with Crippen LogP contribution in [0.3, 0.4) is 0 Å². The molecule has 0 unspecified atom stereocenters. The van der Waals surface area contributed by atoms with E-state index in [0.29, 0.717) is 24.4 Å². The lowest BCUT2D eigenvalue weighted by Gasteiger charge is -2.13. The summed E-state index contributed by atoms with van der Waals surface area (Å²) < 4.78 is 0. The van der Waals surface area contributed by atoms with E-state index in [1.165, 1.54) is 11.1 Å². The number of nitrogens with zero attached hydrogens (tertiary/aromatic N) is 4. The first-order chi connectivity index (χ1) is 9.58. The van der Waals surface area contributed by atoms with Gasteiger partial charge in [-0.2, -0.15) is 15.0 Å². The third kappa shape index (κ3) is 3.57. The van der Waals surface area contributed by atoms with Crippen LogP contribution >= 0.6 is 0 Å². The molecule has 1 aromatic heterocycles. The van der Waals surface area contributed by atoms with Gasteiger partial charge in [0.2, 0.25) is 17.8 Å². The zero-order valence-electron chi connectivity index (χ0n) is 12.3. The second-order valence-electron chi connectivity index (χ2n) is 4.77. The number of hydrogen-bond donors (Lipinski definition) is 2. The number of aromatic nitrogens is 3. The summed E-state index contributed by atoms with van der Waals surface area (Å²) in [6, 6.07) is 8.37. The molecular formula is C14H20N6. The van der Waals surface area contributed by atoms with Gasteiger partial charge in [-0.05, 0) is 12.5 Å². The molecule has 6 nitrogen and oxygen atoms in total. The zero-order chi connectivity index (χ0) is 14.5. The summed E-state index contributed by atoms with van der Waals surface area (Å²) >= 11 is 0. The highest BCUT2D eigenvalue weighted by molar-refractivity contribution is 5.43. The van der Waals surface area contributed by atoms with E-state index in [1.807, 2.05) is 19.0 Å². The van der Waals surface area contributed by atoms with Gasteiger partial charge in [-0.1, -0.05) is 29.8 Å². The summed E-state index contributed by atoms with van der Waals surface area (Å²) in [7, 11) is 5.59. The lowest BCUT2D eigenvalue weighted by molar-refractivity contribution is 0.944. The lowest BCUT2D eigenvalue weighted by Crippen LogP contribution is -2.16. The van der Waals surface area contributed by atoms with Gasteiger partial charge in [0.25, 0.3) is 0 Å². The second kappa shape index (κ2) is 6.18. The zero-order valence-corrected chi connectivity index (χ0v) is 12.3. The summed E-state index contributed by atoms with van der Waals surface area (Å²) in [6.45, 7) is 2.76. The topological polar surface area (TPSA) is 66.0 Å². The fourth-order valence-electron chi connectivity index (χ4n) is 1.64. The molecule has 0 saturated carbocycles. The van der Waals surface area contributed by atoms with Gasteiger partial charge in [-0.25, -0.2) is 0 Å². The van der Waals surface area contributed by atoms with E-state index < -0.39 is 0 Å². The second-order valence-corrected chi connectivity index (χ2v) is 4.77. The lowest BCUT2D eigenvalue weighted by atomic mass is 10.1. The van der Waals surface area contributed by atoms with Crippen molar-refractivity contribution in [2.75, 3.05) is 36.7 Å². The molecule has 0 radical (unpaired) electrons. The SMILES string of the molecule is CNc1nc(NCc2ccc(C)cc2)nc(N(C)C)n1. The Morgan fingerprint density at radius 1 is 1.00 bits per heavy atom. The molecule has 1 heterocycles. The van der Waals surface area contributed by atoms with E-state index >= 15 is 0 Å². The van der Waals surface area contributed by atoms with Crippen LogP contribution in [0.1, 0.15) is 11.1 Å². The fraction of sp³-hybridized carbons (Fsp3) is 0.357. The maximum atomic E-state index is 4.37. The van der Waals surface area contributed by atoms with E-state index in [-0.39, 0.29) is 0 Å². The first-order valence-electron chi connectivity index (χ1n) is 6.49. The third-order valence-corrected chi connectivity index (χ3v) is 2.82. The molecule has 0 fully saturated rings. The van der Waals surface area contributed by atoms with Crippen LogP contribution in [0, 0.1) is 6.92 Å². The molecule has 2 rings (SSSR count). The minimum atomic E-state index is 0.551. The van der Waals surface area contributed by atoms with Gasteiger partial charge in [-0.3, -0.25) is 0 Å². The van der Waals surface area contributed by atoms with E-state index in [9.17, 15) is 0 Å². The number of rotatable bonds is 5. The van der Waals surface area contributed by atoms with Gasteiger partial charge in [0.15, 0.2) is 0 Å². The standard InChI is InChI=1S/C14H20N6/c1-10-5-7-11(8-6-10)9-16-13-17-12(15-2)18-14(19-13)20(3)4/h5-8H,9H2,1-4H3,(H2,15,16,17,18,19). The summed E-state index contributed by atoms with van der Waals surface area (Å²) in [6.07, 6.45) is 0. The minimum absolute atomic E-state index is 0.551. The van der Waals surface area contributed by atoms with Gasteiger partial charge in [0.1, 0.15) is 0 Å². The van der Waals surface area contributed by atoms with E-state index in [0.717, 1.165) is 0 Å². The van der Waals surface area contributed by atoms with Gasteiger partial charge in [0, 0.05) is 27.7 Å². The highest BCUT2D eigenvalue weighted by Crippen LogP contribution is 2.12. The van der Waals surface area contributed by atoms with Crippen LogP contribution in [0.15, 0.2) is 24.3 Å². The quantitative estimate of drug-likeness (QED) is 0.866. The van der Waals surface area contributed by atoms with Crippen molar-refractivity contribution in [3.63, 3.8) is 0 Å². The molecule has 0 amide bonds. The summed E-state index contributed by atoms with van der Waals surface area (Å²) in [4.78, 5) is 14.8. The molecule has 0 saturated heterocycles. The van der Waals surface area contributed by atoms with Crippen molar-refractivity contribution in [3.05, 3.63) is 35.4 Å². The van der Waals surface area contributed by atoms with Gasteiger partial charge < -0.3 is 15.5 Å². The summed E-state index contributed by atoms with van der Waals surface area (Å²) in [5, 5.41) is 6.16. The summed E-state index contributed by atoms with van der Waals surface area (Å²) in [5.41, 5.74) is 2.44. The Morgan fingerprint density at radius 2 is 1.65 bits per heavy atom. The molecule has 0 spiro atoms. The normalized spacial score (nSPS) is 10.2. The molecule has 1 aromatic carbocycles. The van der Waals surface area contributed by atoms with Gasteiger partial charge in [-0.15, -0.1) is 0 Å². The molecule has 2 aromatic rings. The fourth-order valence-corrected chi connectivity index (χ4v) is 1.64. The molecule has 0 aliphatic heterocycles. The smallest absolute Gasteiger partial charge is 0.231 e. The first kappa shape index (κ1) is 14.0. The Kier molecular flexibility index (Phi) is 4.34. The average Bonchev–Trinajstić information content (AvgIpc) is 2.46. The maximum absolute atomic E-state index is 4.37. The maximum Gasteiger partial charge on any atom is 0.231 e. The average molecular weight is 272 g/mol. The molecular weight excluding hydrogens is 252 g/mol. The van der Waals surface area contributed by atoms with Gasteiger partial charge >= 0.3 is 0 Å². The predicted molar refractivity (Wildman–Crippen MR) is 82.2 cm³/mol. The van der Waals surface area contributed by atoms with Crippen molar-refractivity contribution in [2.45, 2.75) is 13.5 Å². The Morgan fingerprint density at radius 3 is 2.25 bits per heavy atom. The molecule has 0 aliphatic carbocycles. The van der Waals surface area contributed by atoms with Crippen LogP contribution in [0.4, 0.5) is 17.8 Å². The molecule has 0 aliphatic rings. The predicted octanol–water partition coefficient (Wildman–Crippen LogP) is 1.90. The molecule has 0 bridgehead atoms. The highest BCUT2D eigenvalue weighted by atomic mass is 15.3. The Balaban J connectivity index is 2.12. The van der Waals surface area contributed by atoms with E-state index in [2.05, 4.69) is 56.8 Å². The first-order valence-corrected chi connectivity index (χ1v) is 6.49. The Labute approximate surface area is 119 Å². The molecule has 2 N–H and O–H groups in total. The van der Waals surface area contributed by atoms with Crippen LogP contribution in [0.5, 0.6) is 0 Å². The van der Waals surface area contributed by atoms with Gasteiger partial charge in [0.05, 0.1) is 0 Å². The number of nitrogens with one attached hydrogen (secondary N) is 2. The Hall–Kier alpha value is -2.37. The van der Waals surface area contributed by atoms with Crippen LogP contribution in [0.2, 0.25) is 0 Å². The minimum Gasteiger partial charge on any atom is -0.357 e. The van der Waals surface area contributed by atoms with Crippen LogP contribution in [-0.4, -0.2) is 36.1 Å². The van der Waals surface area contributed by atoms with Crippen LogP contribution in [0.25, 0.3) is 0 Å². The third-order valence-electron chi connectivity index (χ3n) is 2.82. The highest BCUT2D eigenvalue weighted by Gasteiger charge is 2.06. The van der Waals surface area contributed by atoms with Crippen molar-refractivity contribution in [1.82, 2.24) is 15.0 Å². The molecule has 106 valence electrons. The van der Waals surface area contributed by atoms with E-state index in [4.69, 9.17) is 0 Å². The molecule has 6 heteroatoms. The van der Waals surface area contributed by atoms with Crippen molar-refractivity contribution in [1.29, 1.82) is 0 Å². The number of anilines is 3. The van der Waals surface area contributed by atoms with Crippen LogP contribution < -0.4 is 15.5 Å². The number of aryl methyl sites for hydroxylation is 1. The molecule has 0 atom stereocenters. The monoisotopic (exact) mass is 272 g/mol. The summed E-state index contributed by atoms with van der Waals surface area (Å²) in [5.74, 6) is 1.74. The number of hydrogen-bond acceptors (Lipinski definition) is 6.